The summed E-state index contributed by atoms with van der Waals surface area (Å²) in [6.45, 7) is 10.4. The Balaban J connectivity index is 2.03. The molecule has 122 valence electrons. The topological polar surface area (TPSA) is 6.48 Å². The highest BCUT2D eigenvalue weighted by Crippen LogP contribution is 2.32. The lowest BCUT2D eigenvalue weighted by Crippen LogP contribution is -2.47. The smallest absolute Gasteiger partial charge is 0.369 e. The Morgan fingerprint density at radius 2 is 1.82 bits per heavy atom. The number of halogens is 3. The van der Waals surface area contributed by atoms with Gasteiger partial charge in [0.25, 0.3) is 0 Å². The standard InChI is InChI=1S/C17H23F3N2/c1-4-13(2)12-21-7-9-22(10-8-21)16-6-5-15(11-14(16)3)17(18,19)20/h4-6,11H,7-10,12H2,1-3H3. The molecule has 0 atom stereocenters. The minimum atomic E-state index is -4.27. The van der Waals surface area contributed by atoms with Gasteiger partial charge in [0.1, 0.15) is 0 Å². The first kappa shape index (κ1) is 16.9. The van der Waals surface area contributed by atoms with Gasteiger partial charge < -0.3 is 4.90 Å². The van der Waals surface area contributed by atoms with E-state index in [-0.39, 0.29) is 0 Å². The first-order valence-electron chi connectivity index (χ1n) is 7.58. The van der Waals surface area contributed by atoms with Crippen molar-refractivity contribution in [1.29, 1.82) is 0 Å². The van der Waals surface area contributed by atoms with E-state index in [4.69, 9.17) is 0 Å². The van der Waals surface area contributed by atoms with Gasteiger partial charge in [-0.2, -0.15) is 13.2 Å². The average Bonchev–Trinajstić information content (AvgIpc) is 2.47. The predicted molar refractivity (Wildman–Crippen MR) is 84.3 cm³/mol. The van der Waals surface area contributed by atoms with Gasteiger partial charge in [0, 0.05) is 38.4 Å². The van der Waals surface area contributed by atoms with Crippen molar-refractivity contribution in [2.24, 2.45) is 0 Å². The molecule has 0 spiro atoms. The lowest BCUT2D eigenvalue weighted by atomic mass is 10.1. The van der Waals surface area contributed by atoms with E-state index in [0.717, 1.165) is 38.4 Å². The molecule has 0 radical (unpaired) electrons. The van der Waals surface area contributed by atoms with E-state index in [0.29, 0.717) is 5.56 Å². The normalized spacial score (nSPS) is 17.9. The quantitative estimate of drug-likeness (QED) is 0.775. The molecule has 0 aromatic heterocycles. The molecule has 2 rings (SSSR count). The van der Waals surface area contributed by atoms with Crippen LogP contribution in [0, 0.1) is 6.92 Å². The molecule has 1 aromatic carbocycles. The van der Waals surface area contributed by atoms with Crippen molar-refractivity contribution in [3.8, 4) is 0 Å². The minimum Gasteiger partial charge on any atom is -0.369 e. The Labute approximate surface area is 130 Å². The van der Waals surface area contributed by atoms with Gasteiger partial charge in [0.05, 0.1) is 5.56 Å². The molecular weight excluding hydrogens is 289 g/mol. The second-order valence-electron chi connectivity index (χ2n) is 5.90. The van der Waals surface area contributed by atoms with Gasteiger partial charge in [-0.25, -0.2) is 0 Å². The molecule has 22 heavy (non-hydrogen) atoms. The van der Waals surface area contributed by atoms with Crippen LogP contribution >= 0.6 is 0 Å². The van der Waals surface area contributed by atoms with E-state index in [9.17, 15) is 13.2 Å². The fraction of sp³-hybridized carbons (Fsp3) is 0.529. The maximum Gasteiger partial charge on any atom is 0.416 e. The predicted octanol–water partition coefficient (Wildman–Crippen LogP) is 4.10. The molecule has 5 heteroatoms. The molecule has 1 heterocycles. The van der Waals surface area contributed by atoms with Gasteiger partial charge in [-0.15, -0.1) is 0 Å². The van der Waals surface area contributed by atoms with Crippen molar-refractivity contribution >= 4 is 5.69 Å². The lowest BCUT2D eigenvalue weighted by Gasteiger charge is -2.37. The van der Waals surface area contributed by atoms with Crippen LogP contribution in [-0.2, 0) is 6.18 Å². The number of anilines is 1. The molecule has 0 bridgehead atoms. The number of hydrogen-bond donors (Lipinski definition) is 0. The monoisotopic (exact) mass is 312 g/mol. The molecule has 1 aliphatic heterocycles. The van der Waals surface area contributed by atoms with Crippen LogP contribution in [0.25, 0.3) is 0 Å². The maximum atomic E-state index is 12.7. The Kier molecular flexibility index (Phi) is 5.16. The summed E-state index contributed by atoms with van der Waals surface area (Å²) >= 11 is 0. The van der Waals surface area contributed by atoms with Crippen molar-refractivity contribution < 1.29 is 13.2 Å². The summed E-state index contributed by atoms with van der Waals surface area (Å²) < 4.78 is 38.2. The van der Waals surface area contributed by atoms with E-state index in [1.807, 2.05) is 6.92 Å². The first-order chi connectivity index (χ1) is 10.3. The second kappa shape index (κ2) is 6.73. The van der Waals surface area contributed by atoms with E-state index in [1.54, 1.807) is 13.0 Å². The lowest BCUT2D eigenvalue weighted by molar-refractivity contribution is -0.137. The van der Waals surface area contributed by atoms with Crippen LogP contribution in [-0.4, -0.2) is 37.6 Å². The van der Waals surface area contributed by atoms with Crippen LogP contribution in [0.5, 0.6) is 0 Å². The zero-order valence-electron chi connectivity index (χ0n) is 13.4. The largest absolute Gasteiger partial charge is 0.416 e. The number of benzene rings is 1. The average molecular weight is 312 g/mol. The third-order valence-corrected chi connectivity index (χ3v) is 4.20. The van der Waals surface area contributed by atoms with Gasteiger partial charge in [0.2, 0.25) is 0 Å². The van der Waals surface area contributed by atoms with Gasteiger partial charge in [-0.3, -0.25) is 4.90 Å². The van der Waals surface area contributed by atoms with E-state index in [2.05, 4.69) is 22.8 Å². The Morgan fingerprint density at radius 1 is 1.18 bits per heavy atom. The highest BCUT2D eigenvalue weighted by Gasteiger charge is 2.31. The fourth-order valence-electron chi connectivity index (χ4n) is 2.78. The van der Waals surface area contributed by atoms with Gasteiger partial charge in [-0.05, 0) is 44.5 Å². The molecule has 0 N–H and O–H groups in total. The molecule has 1 saturated heterocycles. The fourth-order valence-corrected chi connectivity index (χ4v) is 2.78. The van der Waals surface area contributed by atoms with Crippen molar-refractivity contribution in [2.45, 2.75) is 26.9 Å². The molecule has 0 aliphatic carbocycles. The van der Waals surface area contributed by atoms with Gasteiger partial charge >= 0.3 is 6.18 Å². The molecular formula is C17H23F3N2. The van der Waals surface area contributed by atoms with Crippen molar-refractivity contribution in [3.63, 3.8) is 0 Å². The Bertz CT molecular complexity index is 541. The molecule has 2 nitrogen and oxygen atoms in total. The zero-order valence-corrected chi connectivity index (χ0v) is 13.4. The zero-order chi connectivity index (χ0) is 16.3. The summed E-state index contributed by atoms with van der Waals surface area (Å²) in [7, 11) is 0. The van der Waals surface area contributed by atoms with Crippen LogP contribution in [0.2, 0.25) is 0 Å². The molecule has 0 unspecified atom stereocenters. The molecule has 0 saturated carbocycles. The Hall–Kier alpha value is -1.49. The number of allylic oxidation sites excluding steroid dienone is 1. The SMILES string of the molecule is CC=C(C)CN1CCN(c2ccc(C(F)(F)F)cc2C)CC1. The number of hydrogen-bond acceptors (Lipinski definition) is 2. The first-order valence-corrected chi connectivity index (χ1v) is 7.58. The Morgan fingerprint density at radius 3 is 2.32 bits per heavy atom. The molecule has 0 amide bonds. The van der Waals surface area contributed by atoms with Crippen LogP contribution in [0.4, 0.5) is 18.9 Å². The van der Waals surface area contributed by atoms with Crippen LogP contribution in [0.3, 0.4) is 0 Å². The van der Waals surface area contributed by atoms with E-state index >= 15 is 0 Å². The number of rotatable bonds is 3. The summed E-state index contributed by atoms with van der Waals surface area (Å²) in [6, 6.07) is 4.02. The molecule has 1 aromatic rings. The van der Waals surface area contributed by atoms with E-state index in [1.165, 1.54) is 17.7 Å². The van der Waals surface area contributed by atoms with Gasteiger partial charge in [-0.1, -0.05) is 11.6 Å². The summed E-state index contributed by atoms with van der Waals surface area (Å²) in [5.41, 5.74) is 2.37. The maximum absolute atomic E-state index is 12.7. The summed E-state index contributed by atoms with van der Waals surface area (Å²) in [5.74, 6) is 0. The number of piperazine rings is 1. The van der Waals surface area contributed by atoms with Crippen molar-refractivity contribution in [2.75, 3.05) is 37.6 Å². The van der Waals surface area contributed by atoms with Crippen LogP contribution in [0.1, 0.15) is 25.0 Å². The van der Waals surface area contributed by atoms with E-state index < -0.39 is 11.7 Å². The third-order valence-electron chi connectivity index (χ3n) is 4.20. The number of aryl methyl sites for hydroxylation is 1. The number of alkyl halides is 3. The third kappa shape index (κ3) is 4.03. The van der Waals surface area contributed by atoms with Crippen molar-refractivity contribution in [3.05, 3.63) is 41.0 Å². The summed E-state index contributed by atoms with van der Waals surface area (Å²) in [5, 5.41) is 0. The van der Waals surface area contributed by atoms with Crippen molar-refractivity contribution in [1.82, 2.24) is 4.90 Å². The number of nitrogens with zero attached hydrogens (tertiary/aromatic N) is 2. The summed E-state index contributed by atoms with van der Waals surface area (Å²) in [4.78, 5) is 4.56. The highest BCUT2D eigenvalue weighted by molar-refractivity contribution is 5.55. The molecule has 1 fully saturated rings. The highest BCUT2D eigenvalue weighted by atomic mass is 19.4. The van der Waals surface area contributed by atoms with Crippen LogP contribution in [0.15, 0.2) is 29.8 Å². The minimum absolute atomic E-state index is 0.573. The summed E-state index contributed by atoms with van der Waals surface area (Å²) in [6.07, 6.45) is -2.15. The second-order valence-corrected chi connectivity index (χ2v) is 5.90. The molecule has 1 aliphatic rings. The van der Waals surface area contributed by atoms with Gasteiger partial charge in [0.15, 0.2) is 0 Å². The van der Waals surface area contributed by atoms with Crippen LogP contribution < -0.4 is 4.90 Å².